The van der Waals surface area contributed by atoms with Crippen LogP contribution in [0.25, 0.3) is 0 Å². The lowest BCUT2D eigenvalue weighted by Crippen LogP contribution is -2.14. The highest BCUT2D eigenvalue weighted by molar-refractivity contribution is 7.92. The van der Waals surface area contributed by atoms with E-state index in [4.69, 9.17) is 28.3 Å². The Kier molecular flexibility index (Phi) is 4.65. The topological polar surface area (TPSA) is 83.5 Å². The van der Waals surface area contributed by atoms with Crippen LogP contribution in [-0.2, 0) is 10.0 Å². The number of carboxylic acid groups (broad SMARTS) is 1. The van der Waals surface area contributed by atoms with Crippen LogP contribution < -0.4 is 4.72 Å². The number of benzene rings is 2. The third-order valence-corrected chi connectivity index (χ3v) is 4.97. The number of aromatic carboxylic acids is 1. The molecule has 0 aliphatic rings. The van der Waals surface area contributed by atoms with Crippen molar-refractivity contribution in [2.45, 2.75) is 11.8 Å². The van der Waals surface area contributed by atoms with E-state index in [2.05, 4.69) is 4.72 Å². The first-order valence-corrected chi connectivity index (χ1v) is 8.27. The Bertz CT molecular complexity index is 833. The zero-order valence-corrected chi connectivity index (χ0v) is 13.6. The lowest BCUT2D eigenvalue weighted by molar-refractivity contribution is 0.0697. The minimum Gasteiger partial charge on any atom is -0.478 e. The first-order valence-electron chi connectivity index (χ1n) is 6.03. The average Bonchev–Trinajstić information content (AvgIpc) is 2.42. The molecule has 2 aromatic rings. The van der Waals surface area contributed by atoms with Gasteiger partial charge in [0.1, 0.15) is 0 Å². The van der Waals surface area contributed by atoms with Crippen molar-refractivity contribution in [2.75, 3.05) is 4.72 Å². The number of anilines is 1. The molecule has 8 heteroatoms. The highest BCUT2D eigenvalue weighted by Crippen LogP contribution is 2.33. The minimum atomic E-state index is -3.88. The summed E-state index contributed by atoms with van der Waals surface area (Å²) in [6.45, 7) is 1.83. The normalized spacial score (nSPS) is 11.2. The van der Waals surface area contributed by atoms with E-state index in [-0.39, 0.29) is 26.2 Å². The van der Waals surface area contributed by atoms with Crippen LogP contribution in [0, 0.1) is 6.92 Å². The summed E-state index contributed by atoms with van der Waals surface area (Å²) in [7, 11) is -3.88. The molecule has 0 bridgehead atoms. The largest absolute Gasteiger partial charge is 0.478 e. The minimum absolute atomic E-state index is 0.0426. The van der Waals surface area contributed by atoms with Gasteiger partial charge in [-0.05, 0) is 31.2 Å². The predicted octanol–water partition coefficient (Wildman–Crippen LogP) is 3.80. The van der Waals surface area contributed by atoms with Gasteiger partial charge in [-0.3, -0.25) is 4.72 Å². The third-order valence-electron chi connectivity index (χ3n) is 2.88. The standard InChI is InChI=1S/C14H11Cl2NO4S/c1-8-2-4-9(5-3-8)22(20,21)17-11-7-6-10(15)12(13(11)16)14(18)19/h2-7,17H,1H3,(H,18,19). The van der Waals surface area contributed by atoms with Gasteiger partial charge in [0.25, 0.3) is 10.0 Å². The molecule has 0 atom stereocenters. The maximum atomic E-state index is 12.3. The Labute approximate surface area is 137 Å². The van der Waals surface area contributed by atoms with Crippen LogP contribution >= 0.6 is 23.2 Å². The Morgan fingerprint density at radius 3 is 2.23 bits per heavy atom. The number of halogens is 2. The van der Waals surface area contributed by atoms with Crippen molar-refractivity contribution in [1.82, 2.24) is 0 Å². The number of carboxylic acids is 1. The summed E-state index contributed by atoms with van der Waals surface area (Å²) in [6, 6.07) is 8.77. The van der Waals surface area contributed by atoms with Crippen molar-refractivity contribution in [3.05, 3.63) is 57.6 Å². The SMILES string of the molecule is Cc1ccc(S(=O)(=O)Nc2ccc(Cl)c(C(=O)O)c2Cl)cc1. The molecule has 0 aliphatic carbocycles. The summed E-state index contributed by atoms with van der Waals surface area (Å²) >= 11 is 11.7. The molecule has 2 rings (SSSR count). The molecular weight excluding hydrogens is 349 g/mol. The molecule has 116 valence electrons. The second-order valence-corrected chi connectivity index (χ2v) is 6.98. The second-order valence-electron chi connectivity index (χ2n) is 4.51. The molecular formula is C14H11Cl2NO4S. The van der Waals surface area contributed by atoms with Gasteiger partial charge in [-0.1, -0.05) is 40.9 Å². The van der Waals surface area contributed by atoms with Crippen molar-refractivity contribution in [3.63, 3.8) is 0 Å². The zero-order chi connectivity index (χ0) is 16.5. The summed E-state index contributed by atoms with van der Waals surface area (Å²) in [5, 5.41) is 8.73. The molecule has 0 saturated heterocycles. The van der Waals surface area contributed by atoms with E-state index in [1.54, 1.807) is 12.1 Å². The number of hydrogen-bond acceptors (Lipinski definition) is 3. The third kappa shape index (κ3) is 3.35. The van der Waals surface area contributed by atoms with E-state index in [1.807, 2.05) is 6.92 Å². The van der Waals surface area contributed by atoms with Crippen LogP contribution in [0.5, 0.6) is 0 Å². The Balaban J connectivity index is 2.44. The Morgan fingerprint density at radius 1 is 1.09 bits per heavy atom. The second kappa shape index (κ2) is 6.16. The number of carbonyl (C=O) groups is 1. The van der Waals surface area contributed by atoms with Gasteiger partial charge in [0.15, 0.2) is 0 Å². The molecule has 0 saturated carbocycles. The van der Waals surface area contributed by atoms with Crippen molar-refractivity contribution in [3.8, 4) is 0 Å². The van der Waals surface area contributed by atoms with Gasteiger partial charge in [-0.15, -0.1) is 0 Å². The smallest absolute Gasteiger partial charge is 0.338 e. The van der Waals surface area contributed by atoms with Gasteiger partial charge in [0.2, 0.25) is 0 Å². The summed E-state index contributed by atoms with van der Waals surface area (Å²) < 4.78 is 26.8. The lowest BCUT2D eigenvalue weighted by Gasteiger charge is -2.12. The monoisotopic (exact) mass is 359 g/mol. The summed E-state index contributed by atoms with van der Waals surface area (Å²) in [5.74, 6) is -1.34. The van der Waals surface area contributed by atoms with Crippen molar-refractivity contribution in [1.29, 1.82) is 0 Å². The summed E-state index contributed by atoms with van der Waals surface area (Å²) in [5.41, 5.74) is 0.508. The first kappa shape index (κ1) is 16.6. The number of aryl methyl sites for hydroxylation is 1. The number of sulfonamides is 1. The van der Waals surface area contributed by atoms with Crippen LogP contribution in [0.3, 0.4) is 0 Å². The molecule has 2 N–H and O–H groups in total. The molecule has 0 aromatic heterocycles. The van der Waals surface area contributed by atoms with Crippen LogP contribution in [-0.4, -0.2) is 19.5 Å². The van der Waals surface area contributed by atoms with Crippen LogP contribution in [0.2, 0.25) is 10.0 Å². The van der Waals surface area contributed by atoms with E-state index in [0.29, 0.717) is 0 Å². The van der Waals surface area contributed by atoms with Crippen LogP contribution in [0.1, 0.15) is 15.9 Å². The Hall–Kier alpha value is -1.76. The molecule has 22 heavy (non-hydrogen) atoms. The zero-order valence-electron chi connectivity index (χ0n) is 11.3. The van der Waals surface area contributed by atoms with E-state index < -0.39 is 16.0 Å². The maximum Gasteiger partial charge on any atom is 0.338 e. The van der Waals surface area contributed by atoms with E-state index in [0.717, 1.165) is 5.56 Å². The van der Waals surface area contributed by atoms with E-state index in [9.17, 15) is 13.2 Å². The Morgan fingerprint density at radius 2 is 1.68 bits per heavy atom. The molecule has 0 aliphatic heterocycles. The molecule has 2 aromatic carbocycles. The molecule has 0 spiro atoms. The van der Waals surface area contributed by atoms with Crippen LogP contribution in [0.15, 0.2) is 41.3 Å². The first-order chi connectivity index (χ1) is 10.2. The molecule has 0 unspecified atom stereocenters. The fourth-order valence-corrected chi connectivity index (χ4v) is 3.46. The molecule has 0 heterocycles. The molecule has 0 radical (unpaired) electrons. The van der Waals surface area contributed by atoms with Gasteiger partial charge in [-0.2, -0.15) is 0 Å². The summed E-state index contributed by atoms with van der Waals surface area (Å²) in [6.07, 6.45) is 0. The van der Waals surface area contributed by atoms with Gasteiger partial charge in [0, 0.05) is 0 Å². The van der Waals surface area contributed by atoms with Gasteiger partial charge >= 0.3 is 5.97 Å². The van der Waals surface area contributed by atoms with Crippen LogP contribution in [0.4, 0.5) is 5.69 Å². The van der Waals surface area contributed by atoms with E-state index in [1.165, 1.54) is 24.3 Å². The molecule has 0 amide bonds. The molecule has 5 nitrogen and oxygen atoms in total. The van der Waals surface area contributed by atoms with Gasteiger partial charge < -0.3 is 5.11 Å². The highest BCUT2D eigenvalue weighted by atomic mass is 35.5. The van der Waals surface area contributed by atoms with E-state index >= 15 is 0 Å². The fourth-order valence-electron chi connectivity index (χ4n) is 1.75. The van der Waals surface area contributed by atoms with Gasteiger partial charge in [0.05, 0.1) is 26.2 Å². The predicted molar refractivity (Wildman–Crippen MR) is 85.4 cm³/mol. The lowest BCUT2D eigenvalue weighted by atomic mass is 10.2. The van der Waals surface area contributed by atoms with Crippen molar-refractivity contribution < 1.29 is 18.3 Å². The fraction of sp³-hybridized carbons (Fsp3) is 0.0714. The number of rotatable bonds is 4. The van der Waals surface area contributed by atoms with Crippen molar-refractivity contribution in [2.24, 2.45) is 0 Å². The number of hydrogen-bond donors (Lipinski definition) is 2. The maximum absolute atomic E-state index is 12.3. The van der Waals surface area contributed by atoms with Crippen molar-refractivity contribution >= 4 is 44.9 Å². The average molecular weight is 360 g/mol. The highest BCUT2D eigenvalue weighted by Gasteiger charge is 2.21. The quantitative estimate of drug-likeness (QED) is 0.869. The summed E-state index contributed by atoms with van der Waals surface area (Å²) in [4.78, 5) is 11.2. The number of nitrogens with one attached hydrogen (secondary N) is 1. The molecule has 0 fully saturated rings. The van der Waals surface area contributed by atoms with Gasteiger partial charge in [-0.25, -0.2) is 13.2 Å².